The fraction of sp³-hybridized carbons (Fsp3) is 0.286. The van der Waals surface area contributed by atoms with Crippen LogP contribution >= 0.6 is 0 Å². The summed E-state index contributed by atoms with van der Waals surface area (Å²) in [5.74, 6) is 0.736. The van der Waals surface area contributed by atoms with Gasteiger partial charge in [0.15, 0.2) is 15.7 Å². The molecule has 0 unspecified atom stereocenters. The molecule has 1 aromatic carbocycles. The van der Waals surface area contributed by atoms with Gasteiger partial charge in [-0.1, -0.05) is 0 Å². The number of hydrogen-bond donors (Lipinski definition) is 2. The quantitative estimate of drug-likeness (QED) is 0.546. The van der Waals surface area contributed by atoms with Crippen LogP contribution in [0.4, 0.5) is 5.82 Å². The van der Waals surface area contributed by atoms with Crippen LogP contribution in [0.1, 0.15) is 37.0 Å². The number of H-pyrrole nitrogens is 1. The van der Waals surface area contributed by atoms with E-state index in [2.05, 4.69) is 20.5 Å². The van der Waals surface area contributed by atoms with Gasteiger partial charge in [-0.15, -0.1) is 0 Å². The molecule has 0 bridgehead atoms. The number of anilines is 1. The predicted molar refractivity (Wildman–Crippen MR) is 113 cm³/mol. The number of rotatable bonds is 8. The number of sulfone groups is 1. The van der Waals surface area contributed by atoms with E-state index >= 15 is 0 Å². The maximum absolute atomic E-state index is 12.6. The van der Waals surface area contributed by atoms with Crippen LogP contribution in [0.15, 0.2) is 53.6 Å². The molecule has 0 atom stereocenters. The Morgan fingerprint density at radius 2 is 1.84 bits per heavy atom. The maximum Gasteiger partial charge on any atom is 0.257 e. The van der Waals surface area contributed by atoms with E-state index in [1.165, 1.54) is 24.3 Å². The number of ether oxygens (including phenoxy) is 2. The lowest BCUT2D eigenvalue weighted by atomic mass is 10.2. The standard InChI is InChI=1S/C21H22N4O5S/c1-13(2)29-19-11-14(21(26)23-18-9-10-22-25-18)12-20(24-19)30-15-3-5-16(6-4-15)31(27,28)17-7-8-17/h3-6,9-13,17H,7-8H2,1-2H3,(H2,22,23,25,26). The van der Waals surface area contributed by atoms with E-state index < -0.39 is 15.7 Å². The summed E-state index contributed by atoms with van der Waals surface area (Å²) in [5, 5.41) is 8.92. The summed E-state index contributed by atoms with van der Waals surface area (Å²) in [6.07, 6.45) is 2.85. The molecule has 0 spiro atoms. The molecular weight excluding hydrogens is 420 g/mol. The first-order valence-electron chi connectivity index (χ1n) is 9.83. The molecule has 1 aliphatic carbocycles. The van der Waals surface area contributed by atoms with E-state index in [-0.39, 0.29) is 33.6 Å². The summed E-state index contributed by atoms with van der Waals surface area (Å²) < 4.78 is 36.1. The summed E-state index contributed by atoms with van der Waals surface area (Å²) in [6.45, 7) is 3.69. The number of amides is 1. The minimum atomic E-state index is -3.27. The highest BCUT2D eigenvalue weighted by molar-refractivity contribution is 7.92. The number of nitrogens with zero attached hydrogens (tertiary/aromatic N) is 2. The van der Waals surface area contributed by atoms with Gasteiger partial charge >= 0.3 is 0 Å². The summed E-state index contributed by atoms with van der Waals surface area (Å²) in [6, 6.07) is 10.8. The minimum Gasteiger partial charge on any atom is -0.475 e. The van der Waals surface area contributed by atoms with Crippen molar-refractivity contribution < 1.29 is 22.7 Å². The van der Waals surface area contributed by atoms with Crippen molar-refractivity contribution in [2.75, 3.05) is 5.32 Å². The molecule has 0 aliphatic heterocycles. The maximum atomic E-state index is 12.6. The van der Waals surface area contributed by atoms with Gasteiger partial charge in [0.25, 0.3) is 5.91 Å². The summed E-state index contributed by atoms with van der Waals surface area (Å²) in [5.41, 5.74) is 0.275. The Hall–Kier alpha value is -3.40. The summed E-state index contributed by atoms with van der Waals surface area (Å²) in [4.78, 5) is 17.2. The summed E-state index contributed by atoms with van der Waals surface area (Å²) >= 11 is 0. The average Bonchev–Trinajstić information content (AvgIpc) is 3.47. The zero-order chi connectivity index (χ0) is 22.0. The van der Waals surface area contributed by atoms with Crippen LogP contribution in [0.5, 0.6) is 17.5 Å². The van der Waals surface area contributed by atoms with Gasteiger partial charge in [0.2, 0.25) is 11.8 Å². The number of benzene rings is 1. The Labute approximate surface area is 179 Å². The molecular formula is C21H22N4O5S. The average molecular weight is 442 g/mol. The molecule has 162 valence electrons. The second-order valence-corrected chi connectivity index (χ2v) is 9.66. The zero-order valence-corrected chi connectivity index (χ0v) is 17.8. The Bertz CT molecular complexity index is 1170. The minimum absolute atomic E-state index is 0.142. The van der Waals surface area contributed by atoms with Crippen molar-refractivity contribution in [1.82, 2.24) is 15.2 Å². The van der Waals surface area contributed by atoms with Gasteiger partial charge in [0, 0.05) is 24.4 Å². The second kappa shape index (κ2) is 8.38. The normalized spacial score (nSPS) is 13.8. The molecule has 0 radical (unpaired) electrons. The van der Waals surface area contributed by atoms with E-state index in [4.69, 9.17) is 9.47 Å². The molecule has 1 amide bonds. The van der Waals surface area contributed by atoms with Crippen molar-refractivity contribution in [3.05, 3.63) is 54.2 Å². The van der Waals surface area contributed by atoms with E-state index in [1.807, 2.05) is 13.8 Å². The van der Waals surface area contributed by atoms with Crippen LogP contribution < -0.4 is 14.8 Å². The van der Waals surface area contributed by atoms with Crippen molar-refractivity contribution in [2.45, 2.75) is 42.9 Å². The lowest BCUT2D eigenvalue weighted by Crippen LogP contribution is -2.14. The number of carbonyl (C=O) groups excluding carboxylic acids is 1. The van der Waals surface area contributed by atoms with Gasteiger partial charge in [-0.25, -0.2) is 8.42 Å². The molecule has 4 rings (SSSR count). The third-order valence-electron chi connectivity index (χ3n) is 4.48. The monoisotopic (exact) mass is 442 g/mol. The van der Waals surface area contributed by atoms with Gasteiger partial charge < -0.3 is 14.8 Å². The second-order valence-electron chi connectivity index (χ2n) is 7.43. The lowest BCUT2D eigenvalue weighted by Gasteiger charge is -2.13. The molecule has 2 heterocycles. The smallest absolute Gasteiger partial charge is 0.257 e. The van der Waals surface area contributed by atoms with Crippen LogP contribution in [-0.2, 0) is 9.84 Å². The molecule has 10 heteroatoms. The first kappa shape index (κ1) is 20.9. The number of aromatic nitrogens is 3. The molecule has 2 aromatic heterocycles. The molecule has 1 saturated carbocycles. The lowest BCUT2D eigenvalue weighted by molar-refractivity contribution is 0.102. The van der Waals surface area contributed by atoms with Crippen molar-refractivity contribution in [3.63, 3.8) is 0 Å². The van der Waals surface area contributed by atoms with Crippen LogP contribution in [-0.4, -0.2) is 40.9 Å². The fourth-order valence-corrected chi connectivity index (χ4v) is 4.53. The zero-order valence-electron chi connectivity index (χ0n) is 17.0. The number of aromatic amines is 1. The Kier molecular flexibility index (Phi) is 5.64. The Morgan fingerprint density at radius 1 is 1.13 bits per heavy atom. The van der Waals surface area contributed by atoms with E-state index in [0.29, 0.717) is 24.4 Å². The van der Waals surface area contributed by atoms with Gasteiger partial charge in [-0.2, -0.15) is 10.1 Å². The highest BCUT2D eigenvalue weighted by Crippen LogP contribution is 2.34. The Morgan fingerprint density at radius 3 is 2.45 bits per heavy atom. The summed E-state index contributed by atoms with van der Waals surface area (Å²) in [7, 11) is -3.27. The number of pyridine rings is 1. The van der Waals surface area contributed by atoms with Crippen molar-refractivity contribution in [2.24, 2.45) is 0 Å². The van der Waals surface area contributed by atoms with Gasteiger partial charge in [0.1, 0.15) is 5.75 Å². The Balaban J connectivity index is 1.57. The SMILES string of the molecule is CC(C)Oc1cc(C(=O)Nc2cc[nH]n2)cc(Oc2ccc(S(=O)(=O)C3CC3)cc2)n1. The third-order valence-corrected chi connectivity index (χ3v) is 6.76. The molecule has 0 saturated heterocycles. The predicted octanol–water partition coefficient (Wildman–Crippen LogP) is 3.57. The van der Waals surface area contributed by atoms with Gasteiger partial charge in [-0.3, -0.25) is 9.89 Å². The van der Waals surface area contributed by atoms with E-state index in [1.54, 1.807) is 24.4 Å². The molecule has 1 aliphatic rings. The third kappa shape index (κ3) is 5.02. The van der Waals surface area contributed by atoms with Gasteiger partial charge in [-0.05, 0) is 51.0 Å². The largest absolute Gasteiger partial charge is 0.475 e. The topological polar surface area (TPSA) is 123 Å². The van der Waals surface area contributed by atoms with E-state index in [9.17, 15) is 13.2 Å². The molecule has 9 nitrogen and oxygen atoms in total. The molecule has 31 heavy (non-hydrogen) atoms. The van der Waals surface area contributed by atoms with Crippen LogP contribution in [0, 0.1) is 0 Å². The van der Waals surface area contributed by atoms with Crippen LogP contribution in [0.2, 0.25) is 0 Å². The first-order chi connectivity index (χ1) is 14.8. The number of nitrogens with one attached hydrogen (secondary N) is 2. The van der Waals surface area contributed by atoms with Gasteiger partial charge in [0.05, 0.1) is 21.8 Å². The number of hydrogen-bond acceptors (Lipinski definition) is 7. The molecule has 3 aromatic rings. The fourth-order valence-electron chi connectivity index (χ4n) is 2.87. The number of carbonyl (C=O) groups is 1. The van der Waals surface area contributed by atoms with E-state index in [0.717, 1.165) is 0 Å². The highest BCUT2D eigenvalue weighted by Gasteiger charge is 2.36. The van der Waals surface area contributed by atoms with Crippen molar-refractivity contribution in [1.29, 1.82) is 0 Å². The van der Waals surface area contributed by atoms with Crippen molar-refractivity contribution in [3.8, 4) is 17.5 Å². The molecule has 2 N–H and O–H groups in total. The van der Waals surface area contributed by atoms with Crippen LogP contribution in [0.25, 0.3) is 0 Å². The van der Waals surface area contributed by atoms with Crippen LogP contribution in [0.3, 0.4) is 0 Å². The molecule has 1 fully saturated rings. The van der Waals surface area contributed by atoms with Crippen molar-refractivity contribution >= 4 is 21.6 Å². The highest BCUT2D eigenvalue weighted by atomic mass is 32.2. The first-order valence-corrected chi connectivity index (χ1v) is 11.4.